The number of aliphatic hydroxyl groups is 5. The van der Waals surface area contributed by atoms with Crippen LogP contribution in [0.2, 0.25) is 0 Å². The number of aliphatic hydroxyl groups excluding tert-OH is 5. The first kappa shape index (κ1) is 13.7. The molecule has 0 bridgehead atoms. The summed E-state index contributed by atoms with van der Waals surface area (Å²) in [6.45, 7) is -0.947. The summed E-state index contributed by atoms with van der Waals surface area (Å²) in [5.41, 5.74) is 0. The zero-order chi connectivity index (χ0) is 12.1. The van der Waals surface area contributed by atoms with Gasteiger partial charge in [-0.15, -0.1) is 0 Å². The molecule has 8 nitrogen and oxygen atoms in total. The molecule has 0 saturated carbocycles. The van der Waals surface area contributed by atoms with Crippen LogP contribution in [0.4, 0.5) is 0 Å². The number of hydrogen-bond acceptors (Lipinski definition) is 8. The lowest BCUT2D eigenvalue weighted by Gasteiger charge is -2.38. The van der Waals surface area contributed by atoms with Crippen LogP contribution in [0.1, 0.15) is 0 Å². The predicted molar refractivity (Wildman–Crippen MR) is 47.9 cm³/mol. The maximum absolute atomic E-state index is 9.44. The van der Waals surface area contributed by atoms with Gasteiger partial charge in [-0.2, -0.15) is 0 Å². The van der Waals surface area contributed by atoms with E-state index in [0.29, 0.717) is 0 Å². The molecule has 0 spiro atoms. The van der Waals surface area contributed by atoms with E-state index >= 15 is 0 Å². The first-order chi connectivity index (χ1) is 7.61. The van der Waals surface area contributed by atoms with Crippen molar-refractivity contribution < 1.29 is 40.0 Å². The van der Waals surface area contributed by atoms with Crippen LogP contribution in [0.3, 0.4) is 0 Å². The fraction of sp³-hybridized carbons (Fsp3) is 1.00. The summed E-state index contributed by atoms with van der Waals surface area (Å²) in [7, 11) is 0. The molecular formula is C8H16O8. The van der Waals surface area contributed by atoms with Crippen molar-refractivity contribution in [1.82, 2.24) is 0 Å². The van der Waals surface area contributed by atoms with Crippen LogP contribution in [-0.2, 0) is 14.5 Å². The van der Waals surface area contributed by atoms with Crippen molar-refractivity contribution in [2.75, 3.05) is 19.8 Å². The van der Waals surface area contributed by atoms with Gasteiger partial charge in [-0.1, -0.05) is 0 Å². The van der Waals surface area contributed by atoms with Crippen molar-refractivity contribution in [2.24, 2.45) is 0 Å². The van der Waals surface area contributed by atoms with Crippen LogP contribution in [0, 0.1) is 0 Å². The number of rotatable bonds is 5. The van der Waals surface area contributed by atoms with Crippen molar-refractivity contribution in [3.05, 3.63) is 0 Å². The molecule has 8 heteroatoms. The van der Waals surface area contributed by atoms with E-state index in [1.165, 1.54) is 0 Å². The lowest BCUT2D eigenvalue weighted by Crippen LogP contribution is -2.59. The largest absolute Gasteiger partial charge is 0.394 e. The van der Waals surface area contributed by atoms with Gasteiger partial charge in [0.1, 0.15) is 31.0 Å². The number of ether oxygens (including phenoxy) is 1. The minimum Gasteiger partial charge on any atom is -0.394 e. The molecule has 1 aliphatic rings. The highest BCUT2D eigenvalue weighted by molar-refractivity contribution is 4.88. The molecular weight excluding hydrogens is 224 g/mol. The molecule has 5 N–H and O–H groups in total. The predicted octanol–water partition coefficient (Wildman–Crippen LogP) is -3.27. The van der Waals surface area contributed by atoms with Crippen molar-refractivity contribution >= 4 is 0 Å². The molecule has 16 heavy (non-hydrogen) atoms. The average molecular weight is 240 g/mol. The Kier molecular flexibility index (Phi) is 5.52. The van der Waals surface area contributed by atoms with Gasteiger partial charge in [0, 0.05) is 0 Å². The highest BCUT2D eigenvalue weighted by Gasteiger charge is 2.44. The van der Waals surface area contributed by atoms with E-state index in [1.807, 2.05) is 0 Å². The van der Waals surface area contributed by atoms with E-state index in [1.54, 1.807) is 0 Å². The Labute approximate surface area is 91.5 Å². The average Bonchev–Trinajstić information content (AvgIpc) is 2.29. The fourth-order valence-electron chi connectivity index (χ4n) is 1.30. The monoisotopic (exact) mass is 240 g/mol. The third kappa shape index (κ3) is 3.09. The Bertz CT molecular complexity index is 198. The summed E-state index contributed by atoms with van der Waals surface area (Å²) in [6, 6.07) is 0. The minimum absolute atomic E-state index is 0.130. The van der Waals surface area contributed by atoms with Gasteiger partial charge in [0.15, 0.2) is 0 Å². The molecule has 0 aromatic heterocycles. The topological polar surface area (TPSA) is 129 Å². The second kappa shape index (κ2) is 6.42. The molecule has 0 aromatic rings. The molecule has 0 aromatic carbocycles. The Hall–Kier alpha value is -0.320. The maximum atomic E-state index is 9.44. The Morgan fingerprint density at radius 1 is 1.00 bits per heavy atom. The van der Waals surface area contributed by atoms with Crippen LogP contribution >= 0.6 is 0 Å². The summed E-state index contributed by atoms with van der Waals surface area (Å²) < 4.78 is 4.94. The van der Waals surface area contributed by atoms with Crippen molar-refractivity contribution in [1.29, 1.82) is 0 Å². The molecule has 1 saturated heterocycles. The molecule has 96 valence electrons. The molecule has 1 aliphatic heterocycles. The molecule has 1 fully saturated rings. The van der Waals surface area contributed by atoms with E-state index in [9.17, 15) is 15.3 Å². The summed E-state index contributed by atoms with van der Waals surface area (Å²) in [4.78, 5) is 9.03. The highest BCUT2D eigenvalue weighted by Crippen LogP contribution is 2.21. The third-order valence-electron chi connectivity index (χ3n) is 2.19. The Morgan fingerprint density at radius 3 is 2.25 bits per heavy atom. The van der Waals surface area contributed by atoms with Gasteiger partial charge in [0.05, 0.1) is 13.2 Å². The summed E-state index contributed by atoms with van der Waals surface area (Å²) in [5, 5.41) is 45.5. The van der Waals surface area contributed by atoms with Gasteiger partial charge in [-0.05, 0) is 0 Å². The van der Waals surface area contributed by atoms with E-state index in [2.05, 4.69) is 9.78 Å². The van der Waals surface area contributed by atoms with Gasteiger partial charge >= 0.3 is 0 Å². The molecule has 1 rings (SSSR count). The SMILES string of the molecule is OCCOOC1O[C@H](CO)[C@@H](O)[C@H](O)[C@H]1O. The Balaban J connectivity index is 2.50. The molecule has 0 amide bonds. The molecule has 5 atom stereocenters. The second-order valence-electron chi connectivity index (χ2n) is 3.34. The smallest absolute Gasteiger partial charge is 0.220 e. The van der Waals surface area contributed by atoms with E-state index in [4.69, 9.17) is 14.9 Å². The van der Waals surface area contributed by atoms with Gasteiger partial charge in [-0.25, -0.2) is 9.78 Å². The quantitative estimate of drug-likeness (QED) is 0.192. The fourth-order valence-corrected chi connectivity index (χ4v) is 1.30. The van der Waals surface area contributed by atoms with Crippen LogP contribution in [0.5, 0.6) is 0 Å². The second-order valence-corrected chi connectivity index (χ2v) is 3.34. The summed E-state index contributed by atoms with van der Waals surface area (Å²) in [6.07, 6.45) is -6.81. The van der Waals surface area contributed by atoms with Crippen LogP contribution < -0.4 is 0 Å². The Morgan fingerprint density at radius 2 is 1.69 bits per heavy atom. The van der Waals surface area contributed by atoms with Crippen LogP contribution in [-0.4, -0.2) is 76.1 Å². The highest BCUT2D eigenvalue weighted by atomic mass is 17.2. The van der Waals surface area contributed by atoms with Crippen molar-refractivity contribution in [2.45, 2.75) is 30.7 Å². The van der Waals surface area contributed by atoms with Crippen LogP contribution in [0.25, 0.3) is 0 Å². The van der Waals surface area contributed by atoms with Gasteiger partial charge in [0.2, 0.25) is 6.29 Å². The molecule has 0 radical (unpaired) electrons. The minimum atomic E-state index is -1.51. The first-order valence-electron chi connectivity index (χ1n) is 4.81. The van der Waals surface area contributed by atoms with E-state index in [0.717, 1.165) is 0 Å². The van der Waals surface area contributed by atoms with Gasteiger partial charge < -0.3 is 30.3 Å². The third-order valence-corrected chi connectivity index (χ3v) is 2.19. The maximum Gasteiger partial charge on any atom is 0.220 e. The first-order valence-corrected chi connectivity index (χ1v) is 4.81. The lowest BCUT2D eigenvalue weighted by atomic mass is 9.99. The zero-order valence-corrected chi connectivity index (χ0v) is 8.47. The van der Waals surface area contributed by atoms with Crippen LogP contribution in [0.15, 0.2) is 0 Å². The summed E-state index contributed by atoms with van der Waals surface area (Å²) in [5.74, 6) is 0. The van der Waals surface area contributed by atoms with E-state index in [-0.39, 0.29) is 13.2 Å². The van der Waals surface area contributed by atoms with Crippen molar-refractivity contribution in [3.8, 4) is 0 Å². The van der Waals surface area contributed by atoms with Gasteiger partial charge in [-0.3, -0.25) is 0 Å². The zero-order valence-electron chi connectivity index (χ0n) is 8.47. The molecule has 1 unspecified atom stereocenters. The lowest BCUT2D eigenvalue weighted by molar-refractivity contribution is -0.426. The molecule has 0 aliphatic carbocycles. The van der Waals surface area contributed by atoms with Gasteiger partial charge in [0.25, 0.3) is 0 Å². The normalized spacial score (nSPS) is 39.9. The number of hydrogen-bond donors (Lipinski definition) is 5. The molecule has 1 heterocycles. The summed E-state index contributed by atoms with van der Waals surface area (Å²) >= 11 is 0. The van der Waals surface area contributed by atoms with E-state index < -0.39 is 37.3 Å². The van der Waals surface area contributed by atoms with Crippen molar-refractivity contribution in [3.63, 3.8) is 0 Å². The standard InChI is InChI=1S/C8H16O8/c9-1-2-14-16-8-7(13)6(12)5(11)4(3-10)15-8/h4-13H,1-3H2/t4-,5-,6+,7-,8?/m1/s1.